The van der Waals surface area contributed by atoms with Gasteiger partial charge in [-0.1, -0.05) is 6.92 Å². The van der Waals surface area contributed by atoms with Gasteiger partial charge in [0.15, 0.2) is 0 Å². The van der Waals surface area contributed by atoms with Gasteiger partial charge >= 0.3 is 0 Å². The Kier molecular flexibility index (Phi) is 3.94. The molecule has 2 rings (SSSR count). The van der Waals surface area contributed by atoms with Crippen LogP contribution in [0.2, 0.25) is 0 Å². The minimum absolute atomic E-state index is 0.0937. The third-order valence-corrected chi connectivity index (χ3v) is 2.81. The number of pyridine rings is 1. The molecule has 0 aliphatic carbocycles. The summed E-state index contributed by atoms with van der Waals surface area (Å²) in [5.41, 5.74) is 1.98. The van der Waals surface area contributed by atoms with Gasteiger partial charge in [-0.25, -0.2) is 0 Å². The van der Waals surface area contributed by atoms with Gasteiger partial charge in [0.1, 0.15) is 11.4 Å². The van der Waals surface area contributed by atoms with E-state index < -0.39 is 0 Å². The van der Waals surface area contributed by atoms with Gasteiger partial charge in [-0.3, -0.25) is 14.5 Å². The molecule has 0 saturated heterocycles. The molecular weight excluding hydrogens is 242 g/mol. The molecule has 2 heterocycles. The average molecular weight is 259 g/mol. The second-order valence-corrected chi connectivity index (χ2v) is 4.17. The molecule has 0 aromatic carbocycles. The van der Waals surface area contributed by atoms with Crippen molar-refractivity contribution in [2.75, 3.05) is 6.61 Å². The van der Waals surface area contributed by atoms with E-state index in [0.29, 0.717) is 23.6 Å². The van der Waals surface area contributed by atoms with Crippen LogP contribution in [0.3, 0.4) is 0 Å². The summed E-state index contributed by atoms with van der Waals surface area (Å²) in [7, 11) is 1.77. The summed E-state index contributed by atoms with van der Waals surface area (Å²) in [4.78, 5) is 16.4. The third-order valence-electron chi connectivity index (χ3n) is 2.81. The predicted molar refractivity (Wildman–Crippen MR) is 71.4 cm³/mol. The van der Waals surface area contributed by atoms with Crippen LogP contribution in [0.1, 0.15) is 35.6 Å². The van der Waals surface area contributed by atoms with E-state index in [1.807, 2.05) is 19.9 Å². The number of ketones is 1. The molecule has 0 aliphatic rings. The zero-order valence-electron chi connectivity index (χ0n) is 11.4. The van der Waals surface area contributed by atoms with Gasteiger partial charge in [0.2, 0.25) is 5.78 Å². The van der Waals surface area contributed by atoms with Gasteiger partial charge < -0.3 is 4.74 Å². The quantitative estimate of drug-likeness (QED) is 0.771. The first-order chi connectivity index (χ1) is 9.15. The average Bonchev–Trinajstić information content (AvgIpc) is 2.80. The van der Waals surface area contributed by atoms with Gasteiger partial charge in [0, 0.05) is 18.8 Å². The normalized spacial score (nSPS) is 10.5. The molecule has 0 radical (unpaired) electrons. The van der Waals surface area contributed by atoms with Crippen molar-refractivity contribution in [2.24, 2.45) is 7.05 Å². The Morgan fingerprint density at radius 2 is 2.11 bits per heavy atom. The maximum absolute atomic E-state index is 12.4. The summed E-state index contributed by atoms with van der Waals surface area (Å²) >= 11 is 0. The first-order valence-electron chi connectivity index (χ1n) is 6.31. The minimum Gasteiger partial charge on any atom is -0.492 e. The highest BCUT2D eigenvalue weighted by Gasteiger charge is 2.15. The maximum Gasteiger partial charge on any atom is 0.212 e. The Morgan fingerprint density at radius 1 is 1.32 bits per heavy atom. The van der Waals surface area contributed by atoms with Crippen molar-refractivity contribution in [3.63, 3.8) is 0 Å². The third kappa shape index (κ3) is 2.81. The molecule has 0 fully saturated rings. The molecule has 0 N–H and O–H groups in total. The van der Waals surface area contributed by atoms with Crippen molar-refractivity contribution in [1.29, 1.82) is 0 Å². The molecule has 0 saturated carbocycles. The van der Waals surface area contributed by atoms with Crippen LogP contribution < -0.4 is 4.74 Å². The van der Waals surface area contributed by atoms with Crippen LogP contribution in [-0.2, 0) is 13.5 Å². The number of carbonyl (C=O) groups is 1. The van der Waals surface area contributed by atoms with E-state index in [1.54, 1.807) is 30.2 Å². The molecule has 2 aromatic heterocycles. The van der Waals surface area contributed by atoms with E-state index in [4.69, 9.17) is 4.74 Å². The molecule has 0 spiro atoms. The van der Waals surface area contributed by atoms with Crippen LogP contribution in [0.15, 0.2) is 24.5 Å². The monoisotopic (exact) mass is 259 g/mol. The van der Waals surface area contributed by atoms with Crippen molar-refractivity contribution < 1.29 is 9.53 Å². The van der Waals surface area contributed by atoms with Crippen LogP contribution in [0.25, 0.3) is 0 Å². The molecule has 0 atom stereocenters. The first kappa shape index (κ1) is 13.3. The minimum atomic E-state index is -0.0937. The Balaban J connectivity index is 2.32. The number of aromatic nitrogens is 3. The van der Waals surface area contributed by atoms with Gasteiger partial charge in [-0.15, -0.1) is 0 Å². The van der Waals surface area contributed by atoms with Gasteiger partial charge in [0.25, 0.3) is 0 Å². The Bertz CT molecular complexity index is 590. The van der Waals surface area contributed by atoms with Gasteiger partial charge in [0.05, 0.1) is 18.5 Å². The predicted octanol–water partition coefficient (Wildman–Crippen LogP) is 2.01. The van der Waals surface area contributed by atoms with E-state index in [1.165, 1.54) is 0 Å². The van der Waals surface area contributed by atoms with E-state index in [2.05, 4.69) is 10.1 Å². The summed E-state index contributed by atoms with van der Waals surface area (Å²) in [5.74, 6) is 0.509. The Morgan fingerprint density at radius 3 is 2.74 bits per heavy atom. The highest BCUT2D eigenvalue weighted by Crippen LogP contribution is 2.15. The summed E-state index contributed by atoms with van der Waals surface area (Å²) < 4.78 is 6.96. The van der Waals surface area contributed by atoms with Crippen molar-refractivity contribution in [1.82, 2.24) is 14.8 Å². The fraction of sp³-hybridized carbons (Fsp3) is 0.357. The number of ether oxygens (including phenoxy) is 1. The Labute approximate surface area is 112 Å². The Hall–Kier alpha value is -2.17. The van der Waals surface area contributed by atoms with E-state index in [0.717, 1.165) is 12.1 Å². The van der Waals surface area contributed by atoms with E-state index >= 15 is 0 Å². The summed E-state index contributed by atoms with van der Waals surface area (Å²) in [5, 5.41) is 4.28. The van der Waals surface area contributed by atoms with Crippen LogP contribution in [0.4, 0.5) is 0 Å². The van der Waals surface area contributed by atoms with Crippen LogP contribution in [0, 0.1) is 0 Å². The van der Waals surface area contributed by atoms with Gasteiger partial charge in [-0.05, 0) is 25.5 Å². The first-order valence-corrected chi connectivity index (χ1v) is 6.31. The second kappa shape index (κ2) is 5.65. The molecule has 100 valence electrons. The van der Waals surface area contributed by atoms with Crippen molar-refractivity contribution in [3.8, 4) is 5.75 Å². The molecule has 0 aliphatic heterocycles. The van der Waals surface area contributed by atoms with Crippen LogP contribution in [-0.4, -0.2) is 27.2 Å². The largest absolute Gasteiger partial charge is 0.492 e. The van der Waals surface area contributed by atoms with Crippen molar-refractivity contribution in [3.05, 3.63) is 41.5 Å². The lowest BCUT2D eigenvalue weighted by molar-refractivity contribution is 0.102. The lowest BCUT2D eigenvalue weighted by atomic mass is 10.1. The summed E-state index contributed by atoms with van der Waals surface area (Å²) in [6.07, 6.45) is 3.95. The second-order valence-electron chi connectivity index (χ2n) is 4.17. The lowest BCUT2D eigenvalue weighted by Crippen LogP contribution is -2.08. The molecule has 0 amide bonds. The summed E-state index contributed by atoms with van der Waals surface area (Å²) in [6, 6.07) is 3.52. The number of hydrogen-bond acceptors (Lipinski definition) is 4. The zero-order chi connectivity index (χ0) is 13.8. The molecular formula is C14H17N3O2. The number of hydrogen-bond donors (Lipinski definition) is 0. The summed E-state index contributed by atoms with van der Waals surface area (Å²) in [6.45, 7) is 4.45. The lowest BCUT2D eigenvalue weighted by Gasteiger charge is -2.05. The highest BCUT2D eigenvalue weighted by atomic mass is 16.5. The topological polar surface area (TPSA) is 57.0 Å². The van der Waals surface area contributed by atoms with Crippen LogP contribution in [0.5, 0.6) is 5.75 Å². The smallest absolute Gasteiger partial charge is 0.212 e. The molecule has 19 heavy (non-hydrogen) atoms. The van der Waals surface area contributed by atoms with E-state index in [9.17, 15) is 4.79 Å². The molecule has 5 heteroatoms. The van der Waals surface area contributed by atoms with Gasteiger partial charge in [-0.2, -0.15) is 5.10 Å². The molecule has 0 unspecified atom stereocenters. The zero-order valence-corrected chi connectivity index (χ0v) is 11.4. The SMILES string of the molecule is CCOc1cncc(C(=O)c2cc(CC)nn2C)c1. The number of nitrogens with zero attached hydrogens (tertiary/aromatic N) is 3. The number of carbonyl (C=O) groups excluding carboxylic acids is 1. The molecule has 5 nitrogen and oxygen atoms in total. The number of rotatable bonds is 5. The standard InChI is InChI=1S/C14H17N3O2/c1-4-11-7-13(17(3)16-11)14(18)10-6-12(19-5-2)9-15-8-10/h6-9H,4-5H2,1-3H3. The van der Waals surface area contributed by atoms with Crippen molar-refractivity contribution >= 4 is 5.78 Å². The van der Waals surface area contributed by atoms with E-state index in [-0.39, 0.29) is 5.78 Å². The molecule has 2 aromatic rings. The van der Waals surface area contributed by atoms with Crippen molar-refractivity contribution in [2.45, 2.75) is 20.3 Å². The highest BCUT2D eigenvalue weighted by molar-refractivity contribution is 6.07. The maximum atomic E-state index is 12.4. The fourth-order valence-corrected chi connectivity index (χ4v) is 1.85. The fourth-order valence-electron chi connectivity index (χ4n) is 1.85. The molecule has 0 bridgehead atoms. The van der Waals surface area contributed by atoms with Crippen LogP contribution >= 0.6 is 0 Å². The number of aryl methyl sites for hydroxylation is 2.